The number of aromatic hydroxyl groups is 1. The first-order valence-electron chi connectivity index (χ1n) is 9.02. The molecular weight excluding hydrogens is 325 g/mol. The van der Waals surface area contributed by atoms with Gasteiger partial charge in [0.05, 0.1) is 17.8 Å². The van der Waals surface area contributed by atoms with Crippen LogP contribution in [0.15, 0.2) is 12.1 Å². The molecule has 5 nitrogen and oxygen atoms in total. The number of halogens is 1. The monoisotopic (exact) mass is 347 g/mol. The predicted molar refractivity (Wildman–Crippen MR) is 86.4 cm³/mol. The van der Waals surface area contributed by atoms with Gasteiger partial charge in [0.25, 0.3) is 0 Å². The lowest BCUT2D eigenvalue weighted by Gasteiger charge is -2.48. The number of hydrogen-bond donors (Lipinski definition) is 3. The number of fused-ring (bicyclic) bond motifs is 3. The summed E-state index contributed by atoms with van der Waals surface area (Å²) in [6.45, 7) is 1.53. The molecule has 3 saturated carbocycles. The van der Waals surface area contributed by atoms with Gasteiger partial charge in [-0.1, -0.05) is 0 Å². The highest BCUT2D eigenvalue weighted by molar-refractivity contribution is 5.97. The lowest BCUT2D eigenvalue weighted by atomic mass is 9.75. The summed E-state index contributed by atoms with van der Waals surface area (Å²) < 4.78 is 14.0. The third-order valence-electron chi connectivity index (χ3n) is 7.31. The predicted octanol–water partition coefficient (Wildman–Crippen LogP) is 1.29. The molecule has 1 heterocycles. The molecule has 1 aromatic rings. The highest BCUT2D eigenvalue weighted by atomic mass is 19.1. The Balaban J connectivity index is 1.54. The van der Waals surface area contributed by atoms with Gasteiger partial charge in [0, 0.05) is 24.2 Å². The highest BCUT2D eigenvalue weighted by Gasteiger charge is 2.69. The summed E-state index contributed by atoms with van der Waals surface area (Å²) in [5.41, 5.74) is 0.321. The van der Waals surface area contributed by atoms with E-state index in [1.165, 1.54) is 13.0 Å². The lowest BCUT2D eigenvalue weighted by molar-refractivity contribution is -0.102. The van der Waals surface area contributed by atoms with Gasteiger partial charge in [-0.05, 0) is 55.6 Å². The van der Waals surface area contributed by atoms with Crippen molar-refractivity contribution in [3.63, 3.8) is 0 Å². The summed E-state index contributed by atoms with van der Waals surface area (Å²) >= 11 is 0. The average Bonchev–Trinajstić information content (AvgIpc) is 3.12. The quantitative estimate of drug-likeness (QED) is 0.718. The number of carbonyl (C=O) groups excluding carboxylic acids is 1. The van der Waals surface area contributed by atoms with E-state index in [2.05, 4.69) is 4.90 Å². The van der Waals surface area contributed by atoms with Crippen LogP contribution in [0.5, 0.6) is 5.75 Å². The number of hydrogen-bond acceptors (Lipinski definition) is 5. The molecule has 1 aromatic carbocycles. The maximum absolute atomic E-state index is 14.0. The molecule has 1 aliphatic heterocycles. The molecule has 5 rings (SSSR count). The summed E-state index contributed by atoms with van der Waals surface area (Å²) in [5, 5.41) is 31.9. The van der Waals surface area contributed by atoms with Gasteiger partial charge >= 0.3 is 0 Å². The van der Waals surface area contributed by atoms with Crippen molar-refractivity contribution in [3.05, 3.63) is 29.1 Å². The summed E-state index contributed by atoms with van der Waals surface area (Å²) in [7, 11) is 0. The normalized spacial score (nSPS) is 44.0. The van der Waals surface area contributed by atoms with Gasteiger partial charge in [-0.2, -0.15) is 0 Å². The minimum absolute atomic E-state index is 0.0222. The molecule has 4 aliphatic rings. The van der Waals surface area contributed by atoms with Crippen molar-refractivity contribution >= 4 is 5.78 Å². The number of piperidine rings is 1. The van der Waals surface area contributed by atoms with E-state index in [1.54, 1.807) is 0 Å². The van der Waals surface area contributed by atoms with Crippen LogP contribution in [0, 0.1) is 29.5 Å². The molecule has 4 bridgehead atoms. The Morgan fingerprint density at radius 3 is 2.68 bits per heavy atom. The van der Waals surface area contributed by atoms with Crippen LogP contribution in [0.4, 0.5) is 4.39 Å². The molecule has 1 saturated heterocycles. The van der Waals surface area contributed by atoms with Gasteiger partial charge in [0.15, 0.2) is 5.78 Å². The van der Waals surface area contributed by atoms with E-state index in [1.807, 2.05) is 0 Å². The number of phenolic OH excluding ortho intramolecular Hbond substituents is 1. The third-order valence-corrected chi connectivity index (χ3v) is 7.31. The SMILES string of the molecule is CC(=O)c1cc(F)cc(CN2C3CC4C5CC(C4C3O)C2C5O)c1O. The van der Waals surface area contributed by atoms with Crippen LogP contribution in [-0.2, 0) is 6.54 Å². The number of carbonyl (C=O) groups is 1. The fourth-order valence-electron chi connectivity index (χ4n) is 6.49. The molecule has 8 unspecified atom stereocenters. The lowest BCUT2D eigenvalue weighted by Crippen LogP contribution is -2.60. The number of nitrogens with zero attached hydrogens (tertiary/aromatic N) is 1. The van der Waals surface area contributed by atoms with Crippen molar-refractivity contribution in [1.29, 1.82) is 0 Å². The number of aliphatic hydroxyl groups is 2. The Bertz CT molecular complexity index is 768. The smallest absolute Gasteiger partial charge is 0.163 e. The highest BCUT2D eigenvalue weighted by Crippen LogP contribution is 2.64. The molecule has 0 aromatic heterocycles. The van der Waals surface area contributed by atoms with E-state index in [-0.39, 0.29) is 53.5 Å². The topological polar surface area (TPSA) is 81.0 Å². The van der Waals surface area contributed by atoms with Crippen LogP contribution in [-0.4, -0.2) is 50.3 Å². The summed E-state index contributed by atoms with van der Waals surface area (Å²) in [4.78, 5) is 13.7. The molecule has 134 valence electrons. The van der Waals surface area contributed by atoms with Crippen molar-refractivity contribution in [3.8, 4) is 5.75 Å². The van der Waals surface area contributed by atoms with Crippen LogP contribution in [0.2, 0.25) is 0 Å². The number of Topliss-reactive ketones (excluding diaryl/α,β-unsaturated/α-hetero) is 1. The molecule has 0 radical (unpaired) electrons. The van der Waals surface area contributed by atoms with E-state index in [0.717, 1.165) is 18.9 Å². The maximum atomic E-state index is 14.0. The van der Waals surface area contributed by atoms with Gasteiger partial charge < -0.3 is 15.3 Å². The van der Waals surface area contributed by atoms with Gasteiger partial charge in [0.2, 0.25) is 0 Å². The van der Waals surface area contributed by atoms with Crippen LogP contribution < -0.4 is 0 Å². The van der Waals surface area contributed by atoms with Gasteiger partial charge in [-0.15, -0.1) is 0 Å². The Morgan fingerprint density at radius 2 is 1.96 bits per heavy atom. The number of likely N-dealkylation sites (tertiary alicyclic amines) is 1. The average molecular weight is 347 g/mol. The molecule has 4 fully saturated rings. The second-order valence-electron chi connectivity index (χ2n) is 8.27. The summed E-state index contributed by atoms with van der Waals surface area (Å²) in [6, 6.07) is 2.18. The molecule has 25 heavy (non-hydrogen) atoms. The largest absolute Gasteiger partial charge is 0.507 e. The number of phenols is 1. The van der Waals surface area contributed by atoms with Crippen molar-refractivity contribution in [2.24, 2.45) is 23.7 Å². The minimum Gasteiger partial charge on any atom is -0.507 e. The summed E-state index contributed by atoms with van der Waals surface area (Å²) in [6.07, 6.45) is 0.935. The van der Waals surface area contributed by atoms with Gasteiger partial charge in [-0.3, -0.25) is 9.69 Å². The van der Waals surface area contributed by atoms with Crippen molar-refractivity contribution in [2.45, 2.75) is 50.6 Å². The van der Waals surface area contributed by atoms with Crippen molar-refractivity contribution < 1.29 is 24.5 Å². The zero-order valence-electron chi connectivity index (χ0n) is 14.0. The molecule has 0 amide bonds. The zero-order chi connectivity index (χ0) is 17.6. The first-order chi connectivity index (χ1) is 11.9. The first kappa shape index (κ1) is 15.7. The van der Waals surface area contributed by atoms with Crippen molar-refractivity contribution in [1.82, 2.24) is 4.90 Å². The molecule has 3 aliphatic carbocycles. The third kappa shape index (κ3) is 1.90. The van der Waals surface area contributed by atoms with Crippen LogP contribution in [0.1, 0.15) is 35.7 Å². The van der Waals surface area contributed by atoms with E-state index >= 15 is 0 Å². The zero-order valence-corrected chi connectivity index (χ0v) is 14.0. The molecular formula is C19H22FNO4. The Morgan fingerprint density at radius 1 is 1.20 bits per heavy atom. The van der Waals surface area contributed by atoms with E-state index in [0.29, 0.717) is 11.5 Å². The number of benzene rings is 1. The minimum atomic E-state index is -0.561. The maximum Gasteiger partial charge on any atom is 0.163 e. The van der Waals surface area contributed by atoms with Crippen LogP contribution in [0.3, 0.4) is 0 Å². The standard InChI is InChI=1S/C19H22FNO4/c1-7(22)10-3-9(20)2-8(17(10)23)6-21-14-5-11-12-4-13(15(11)19(14)25)16(21)18(12)24/h2-3,11-16,18-19,23-25H,4-6H2,1H3. The number of ketones is 1. The summed E-state index contributed by atoms with van der Waals surface area (Å²) in [5.74, 6) is 0.0129. The van der Waals surface area contributed by atoms with Crippen LogP contribution >= 0.6 is 0 Å². The molecule has 6 heteroatoms. The Kier molecular flexibility index (Phi) is 3.16. The Hall–Kier alpha value is -1.50. The molecule has 8 atom stereocenters. The molecule has 3 N–H and O–H groups in total. The second kappa shape index (κ2) is 5.02. The Labute approximate surface area is 145 Å². The second-order valence-corrected chi connectivity index (χ2v) is 8.27. The number of rotatable bonds is 3. The number of aliphatic hydroxyl groups excluding tert-OH is 2. The van der Waals surface area contributed by atoms with Crippen molar-refractivity contribution in [2.75, 3.05) is 0 Å². The van der Waals surface area contributed by atoms with E-state index in [4.69, 9.17) is 0 Å². The van der Waals surface area contributed by atoms with E-state index in [9.17, 15) is 24.5 Å². The fraction of sp³-hybridized carbons (Fsp3) is 0.632. The fourth-order valence-corrected chi connectivity index (χ4v) is 6.49. The van der Waals surface area contributed by atoms with Crippen LogP contribution in [0.25, 0.3) is 0 Å². The first-order valence-corrected chi connectivity index (χ1v) is 9.02. The molecule has 0 spiro atoms. The van der Waals surface area contributed by atoms with E-state index < -0.39 is 18.0 Å². The van der Waals surface area contributed by atoms with Gasteiger partial charge in [-0.25, -0.2) is 4.39 Å². The van der Waals surface area contributed by atoms with Gasteiger partial charge in [0.1, 0.15) is 11.6 Å².